The molecule has 1 aromatic carbocycles. The van der Waals surface area contributed by atoms with Gasteiger partial charge in [0.05, 0.1) is 18.1 Å². The van der Waals surface area contributed by atoms with Crippen LogP contribution in [0.2, 0.25) is 0 Å². The molecule has 0 saturated carbocycles. The highest BCUT2D eigenvalue weighted by Crippen LogP contribution is 2.13. The van der Waals surface area contributed by atoms with Crippen LogP contribution in [0.1, 0.15) is 19.4 Å². The van der Waals surface area contributed by atoms with E-state index in [-0.39, 0.29) is 12.3 Å². The Kier molecular flexibility index (Phi) is 3.98. The topological polar surface area (TPSA) is 72.3 Å². The van der Waals surface area contributed by atoms with E-state index in [2.05, 4.69) is 0 Å². The molecule has 0 fully saturated rings. The van der Waals surface area contributed by atoms with E-state index in [9.17, 15) is 15.2 Å². The van der Waals surface area contributed by atoms with E-state index in [4.69, 9.17) is 4.74 Å². The second-order valence-electron chi connectivity index (χ2n) is 4.18. The SMILES string of the molecule is CC(C)([O])COCc1ccc([N+](=O)[O-])cc1. The fourth-order valence-corrected chi connectivity index (χ4v) is 1.13. The van der Waals surface area contributed by atoms with Gasteiger partial charge in [-0.1, -0.05) is 0 Å². The van der Waals surface area contributed by atoms with Crippen molar-refractivity contribution in [3.63, 3.8) is 0 Å². The Labute approximate surface area is 93.8 Å². The van der Waals surface area contributed by atoms with Gasteiger partial charge in [-0.2, -0.15) is 0 Å². The lowest BCUT2D eigenvalue weighted by Gasteiger charge is -2.14. The fourth-order valence-electron chi connectivity index (χ4n) is 1.13. The molecule has 0 atom stereocenters. The van der Waals surface area contributed by atoms with Crippen LogP contribution >= 0.6 is 0 Å². The van der Waals surface area contributed by atoms with Crippen LogP contribution in [0.4, 0.5) is 5.69 Å². The zero-order chi connectivity index (χ0) is 12.2. The van der Waals surface area contributed by atoms with Gasteiger partial charge < -0.3 is 4.74 Å². The molecule has 0 aliphatic carbocycles. The van der Waals surface area contributed by atoms with Gasteiger partial charge in [0.1, 0.15) is 5.60 Å². The smallest absolute Gasteiger partial charge is 0.269 e. The first kappa shape index (κ1) is 12.6. The number of non-ortho nitro benzene ring substituents is 1. The van der Waals surface area contributed by atoms with Crippen LogP contribution in [0.15, 0.2) is 24.3 Å². The molecule has 0 unspecified atom stereocenters. The summed E-state index contributed by atoms with van der Waals surface area (Å²) < 4.78 is 5.20. The summed E-state index contributed by atoms with van der Waals surface area (Å²) >= 11 is 0. The predicted octanol–water partition coefficient (Wildman–Crippen LogP) is 2.32. The summed E-state index contributed by atoms with van der Waals surface area (Å²) in [7, 11) is 0. The van der Waals surface area contributed by atoms with Gasteiger partial charge in [-0.15, -0.1) is 0 Å². The summed E-state index contributed by atoms with van der Waals surface area (Å²) in [5, 5.41) is 21.6. The molecule has 0 aromatic heterocycles. The molecule has 5 heteroatoms. The Balaban J connectivity index is 2.47. The van der Waals surface area contributed by atoms with Gasteiger partial charge in [0.2, 0.25) is 0 Å². The molecule has 1 aromatic rings. The van der Waals surface area contributed by atoms with Crippen LogP contribution in [0.3, 0.4) is 0 Å². The predicted molar refractivity (Wildman–Crippen MR) is 57.5 cm³/mol. The van der Waals surface area contributed by atoms with E-state index >= 15 is 0 Å². The monoisotopic (exact) mass is 224 g/mol. The Bertz CT molecular complexity index is 353. The zero-order valence-corrected chi connectivity index (χ0v) is 9.30. The van der Waals surface area contributed by atoms with Crippen molar-refractivity contribution in [2.45, 2.75) is 26.1 Å². The summed E-state index contributed by atoms with van der Waals surface area (Å²) in [6.07, 6.45) is 0. The van der Waals surface area contributed by atoms with Gasteiger partial charge in [-0.05, 0) is 31.5 Å². The summed E-state index contributed by atoms with van der Waals surface area (Å²) in [5.41, 5.74) is -0.247. The Morgan fingerprint density at radius 3 is 2.31 bits per heavy atom. The highest BCUT2D eigenvalue weighted by Gasteiger charge is 2.15. The molecule has 0 spiro atoms. The van der Waals surface area contributed by atoms with Crippen LogP contribution in [-0.4, -0.2) is 17.1 Å². The van der Waals surface area contributed by atoms with Crippen molar-refractivity contribution >= 4 is 5.69 Å². The Morgan fingerprint density at radius 1 is 1.31 bits per heavy atom. The van der Waals surface area contributed by atoms with Crippen LogP contribution in [0.25, 0.3) is 0 Å². The average molecular weight is 224 g/mol. The number of hydrogen-bond donors (Lipinski definition) is 0. The maximum atomic E-state index is 11.2. The third-order valence-electron chi connectivity index (χ3n) is 1.87. The van der Waals surface area contributed by atoms with Crippen molar-refractivity contribution in [3.8, 4) is 0 Å². The maximum Gasteiger partial charge on any atom is 0.269 e. The number of rotatable bonds is 5. The molecule has 0 aliphatic rings. The largest absolute Gasteiger partial charge is 0.374 e. The molecule has 0 saturated heterocycles. The van der Waals surface area contributed by atoms with E-state index in [1.165, 1.54) is 12.1 Å². The Morgan fingerprint density at radius 2 is 1.88 bits per heavy atom. The van der Waals surface area contributed by atoms with Crippen LogP contribution < -0.4 is 0 Å². The summed E-state index contributed by atoms with van der Waals surface area (Å²) in [6.45, 7) is 3.50. The molecule has 1 radical (unpaired) electrons. The normalized spacial score (nSPS) is 11.4. The molecule has 5 nitrogen and oxygen atoms in total. The summed E-state index contributed by atoms with van der Waals surface area (Å²) in [5.74, 6) is 0. The molecule has 1 rings (SSSR count). The van der Waals surface area contributed by atoms with E-state index < -0.39 is 10.5 Å². The van der Waals surface area contributed by atoms with Gasteiger partial charge in [-0.25, -0.2) is 5.11 Å². The van der Waals surface area contributed by atoms with Crippen molar-refractivity contribution in [3.05, 3.63) is 39.9 Å². The van der Waals surface area contributed by atoms with Crippen molar-refractivity contribution in [2.24, 2.45) is 0 Å². The number of nitro benzene ring substituents is 1. The molecule has 0 aliphatic heterocycles. The van der Waals surface area contributed by atoms with Crippen LogP contribution in [0.5, 0.6) is 0 Å². The second-order valence-corrected chi connectivity index (χ2v) is 4.18. The lowest BCUT2D eigenvalue weighted by molar-refractivity contribution is -0.384. The molecule has 0 heterocycles. The lowest BCUT2D eigenvalue weighted by atomic mass is 10.1. The second kappa shape index (κ2) is 5.05. The molecule has 0 N–H and O–H groups in total. The quantitative estimate of drug-likeness (QED) is 0.569. The number of ether oxygens (including phenoxy) is 1. The van der Waals surface area contributed by atoms with E-state index in [0.717, 1.165) is 5.56 Å². The number of hydrogen-bond acceptors (Lipinski definition) is 3. The minimum Gasteiger partial charge on any atom is -0.374 e. The standard InChI is InChI=1S/C11H14NO4/c1-11(2,13)8-16-7-9-3-5-10(6-4-9)12(14)15/h3-6H,7-8H2,1-2H3. The average Bonchev–Trinajstić information content (AvgIpc) is 2.16. The van der Waals surface area contributed by atoms with Crippen molar-refractivity contribution in [2.75, 3.05) is 6.61 Å². The highest BCUT2D eigenvalue weighted by atomic mass is 16.6. The molecule has 0 bridgehead atoms. The van der Waals surface area contributed by atoms with Gasteiger partial charge in [0, 0.05) is 12.1 Å². The molecule has 16 heavy (non-hydrogen) atoms. The van der Waals surface area contributed by atoms with Gasteiger partial charge in [0.25, 0.3) is 5.69 Å². The Hall–Kier alpha value is -1.46. The minimum absolute atomic E-state index is 0.0490. The summed E-state index contributed by atoms with van der Waals surface area (Å²) in [4.78, 5) is 9.94. The molecule has 87 valence electrons. The van der Waals surface area contributed by atoms with Crippen LogP contribution in [-0.2, 0) is 16.5 Å². The number of nitrogens with zero attached hydrogens (tertiary/aromatic N) is 1. The summed E-state index contributed by atoms with van der Waals surface area (Å²) in [6, 6.07) is 6.08. The van der Waals surface area contributed by atoms with Gasteiger partial charge in [-0.3, -0.25) is 10.1 Å². The number of nitro groups is 1. The molecular weight excluding hydrogens is 210 g/mol. The van der Waals surface area contributed by atoms with Gasteiger partial charge in [0.15, 0.2) is 0 Å². The molecule has 0 amide bonds. The first-order valence-electron chi connectivity index (χ1n) is 4.90. The van der Waals surface area contributed by atoms with E-state index in [1.54, 1.807) is 26.0 Å². The first-order valence-corrected chi connectivity index (χ1v) is 4.90. The number of benzene rings is 1. The fraction of sp³-hybridized carbons (Fsp3) is 0.455. The zero-order valence-electron chi connectivity index (χ0n) is 9.30. The van der Waals surface area contributed by atoms with Gasteiger partial charge >= 0.3 is 0 Å². The van der Waals surface area contributed by atoms with Crippen LogP contribution in [0, 0.1) is 10.1 Å². The maximum absolute atomic E-state index is 11.2. The van der Waals surface area contributed by atoms with E-state index in [1.807, 2.05) is 0 Å². The van der Waals surface area contributed by atoms with E-state index in [0.29, 0.717) is 6.61 Å². The first-order chi connectivity index (χ1) is 7.38. The van der Waals surface area contributed by atoms with Crippen molar-refractivity contribution < 1.29 is 14.8 Å². The third kappa shape index (κ3) is 4.37. The lowest BCUT2D eigenvalue weighted by Crippen LogP contribution is -2.24. The third-order valence-corrected chi connectivity index (χ3v) is 1.87. The molecular formula is C11H14NO4. The van der Waals surface area contributed by atoms with Crippen molar-refractivity contribution in [1.29, 1.82) is 0 Å². The minimum atomic E-state index is -1.11. The van der Waals surface area contributed by atoms with Crippen molar-refractivity contribution in [1.82, 2.24) is 0 Å². The highest BCUT2D eigenvalue weighted by molar-refractivity contribution is 5.32.